The predicted molar refractivity (Wildman–Crippen MR) is 51.5 cm³/mol. The molecule has 0 aliphatic heterocycles. The SMILES string of the molecule is CC(C)SC1(C(=O)O)CC=CC1. The van der Waals surface area contributed by atoms with E-state index < -0.39 is 10.7 Å². The Bertz CT molecular complexity index is 201. The highest BCUT2D eigenvalue weighted by atomic mass is 32.2. The van der Waals surface area contributed by atoms with Crippen LogP contribution in [-0.4, -0.2) is 21.1 Å². The van der Waals surface area contributed by atoms with Gasteiger partial charge in [-0.1, -0.05) is 26.0 Å². The minimum Gasteiger partial charge on any atom is -0.480 e. The summed E-state index contributed by atoms with van der Waals surface area (Å²) in [6, 6.07) is 0. The summed E-state index contributed by atoms with van der Waals surface area (Å²) < 4.78 is -0.561. The van der Waals surface area contributed by atoms with Gasteiger partial charge in [-0.15, -0.1) is 11.8 Å². The predicted octanol–water partition coefficient (Wildman–Crippen LogP) is 2.30. The van der Waals surface area contributed by atoms with Crippen LogP contribution in [0.4, 0.5) is 0 Å². The molecule has 1 aliphatic rings. The van der Waals surface area contributed by atoms with Crippen LogP contribution in [0, 0.1) is 0 Å². The van der Waals surface area contributed by atoms with E-state index >= 15 is 0 Å². The zero-order valence-corrected chi connectivity index (χ0v) is 8.23. The Kier molecular flexibility index (Phi) is 2.83. The minimum absolute atomic E-state index is 0.376. The lowest BCUT2D eigenvalue weighted by atomic mass is 10.1. The van der Waals surface area contributed by atoms with Crippen molar-refractivity contribution in [2.24, 2.45) is 0 Å². The Morgan fingerprint density at radius 1 is 1.50 bits per heavy atom. The Morgan fingerprint density at radius 2 is 2.00 bits per heavy atom. The van der Waals surface area contributed by atoms with E-state index in [0.717, 1.165) is 0 Å². The molecule has 2 nitrogen and oxygen atoms in total. The first-order valence-electron chi connectivity index (χ1n) is 4.13. The quantitative estimate of drug-likeness (QED) is 0.687. The summed E-state index contributed by atoms with van der Waals surface area (Å²) >= 11 is 1.56. The number of allylic oxidation sites excluding steroid dienone is 2. The number of rotatable bonds is 3. The molecule has 0 radical (unpaired) electrons. The Hall–Kier alpha value is -0.440. The van der Waals surface area contributed by atoms with Crippen LogP contribution < -0.4 is 0 Å². The van der Waals surface area contributed by atoms with Gasteiger partial charge in [-0.3, -0.25) is 4.79 Å². The lowest BCUT2D eigenvalue weighted by Gasteiger charge is -2.25. The average molecular weight is 186 g/mol. The molecule has 0 spiro atoms. The lowest BCUT2D eigenvalue weighted by Crippen LogP contribution is -2.33. The smallest absolute Gasteiger partial charge is 0.320 e. The van der Waals surface area contributed by atoms with E-state index in [4.69, 9.17) is 5.11 Å². The number of carbonyl (C=O) groups is 1. The first-order valence-corrected chi connectivity index (χ1v) is 5.01. The van der Waals surface area contributed by atoms with E-state index in [2.05, 4.69) is 0 Å². The van der Waals surface area contributed by atoms with Crippen LogP contribution in [0.2, 0.25) is 0 Å². The highest BCUT2D eigenvalue weighted by molar-refractivity contribution is 8.01. The first kappa shape index (κ1) is 9.65. The number of thioether (sulfide) groups is 1. The highest BCUT2D eigenvalue weighted by Crippen LogP contribution is 2.40. The molecule has 68 valence electrons. The van der Waals surface area contributed by atoms with Crippen LogP contribution in [0.5, 0.6) is 0 Å². The normalized spacial score (nSPS) is 20.2. The zero-order chi connectivity index (χ0) is 9.19. The van der Waals surface area contributed by atoms with Gasteiger partial charge >= 0.3 is 5.97 Å². The molecule has 0 aromatic heterocycles. The van der Waals surface area contributed by atoms with Crippen LogP contribution in [0.15, 0.2) is 12.2 Å². The van der Waals surface area contributed by atoms with E-state index in [0.29, 0.717) is 18.1 Å². The second-order valence-electron chi connectivity index (χ2n) is 3.35. The number of hydrogen-bond donors (Lipinski definition) is 1. The van der Waals surface area contributed by atoms with Crippen LogP contribution in [0.25, 0.3) is 0 Å². The molecule has 1 aliphatic carbocycles. The van der Waals surface area contributed by atoms with Gasteiger partial charge in [0.1, 0.15) is 4.75 Å². The van der Waals surface area contributed by atoms with Crippen molar-refractivity contribution >= 4 is 17.7 Å². The standard InChI is InChI=1S/C9H14O2S/c1-7(2)12-9(8(10)11)5-3-4-6-9/h3-4,7H,5-6H2,1-2H3,(H,10,11). The van der Waals surface area contributed by atoms with Gasteiger partial charge < -0.3 is 5.11 Å². The fraction of sp³-hybridized carbons (Fsp3) is 0.667. The summed E-state index contributed by atoms with van der Waals surface area (Å²) in [5, 5.41) is 9.43. The van der Waals surface area contributed by atoms with E-state index in [-0.39, 0.29) is 0 Å². The average Bonchev–Trinajstić information content (AvgIpc) is 2.35. The van der Waals surface area contributed by atoms with Crippen LogP contribution in [0.3, 0.4) is 0 Å². The molecule has 0 heterocycles. The third kappa shape index (κ3) is 1.83. The molecule has 12 heavy (non-hydrogen) atoms. The summed E-state index contributed by atoms with van der Waals surface area (Å²) in [7, 11) is 0. The molecule has 0 saturated carbocycles. The van der Waals surface area contributed by atoms with Gasteiger partial charge in [0.2, 0.25) is 0 Å². The van der Waals surface area contributed by atoms with Crippen molar-refractivity contribution in [3.63, 3.8) is 0 Å². The van der Waals surface area contributed by atoms with E-state index in [1.54, 1.807) is 11.8 Å². The molecule has 0 fully saturated rings. The van der Waals surface area contributed by atoms with Crippen molar-refractivity contribution in [3.05, 3.63) is 12.2 Å². The van der Waals surface area contributed by atoms with Crippen molar-refractivity contribution in [1.29, 1.82) is 0 Å². The molecule has 0 bridgehead atoms. The van der Waals surface area contributed by atoms with Gasteiger partial charge in [-0.05, 0) is 12.8 Å². The number of hydrogen-bond acceptors (Lipinski definition) is 2. The largest absolute Gasteiger partial charge is 0.480 e. The topological polar surface area (TPSA) is 37.3 Å². The van der Waals surface area contributed by atoms with Crippen molar-refractivity contribution in [1.82, 2.24) is 0 Å². The summed E-state index contributed by atoms with van der Waals surface area (Å²) in [4.78, 5) is 11.0. The fourth-order valence-corrected chi connectivity index (χ4v) is 2.79. The van der Waals surface area contributed by atoms with Gasteiger partial charge in [0.15, 0.2) is 0 Å². The summed E-state index contributed by atoms with van der Waals surface area (Å²) in [6.07, 6.45) is 5.27. The highest BCUT2D eigenvalue weighted by Gasteiger charge is 2.40. The van der Waals surface area contributed by atoms with E-state index in [1.165, 1.54) is 0 Å². The summed E-state index contributed by atoms with van der Waals surface area (Å²) in [5.74, 6) is -0.675. The van der Waals surface area contributed by atoms with Crippen LogP contribution >= 0.6 is 11.8 Å². The molecular weight excluding hydrogens is 172 g/mol. The molecular formula is C9H14O2S. The number of carboxylic acids is 1. The molecule has 0 aromatic rings. The van der Waals surface area contributed by atoms with Gasteiger partial charge in [0, 0.05) is 5.25 Å². The number of aliphatic carboxylic acids is 1. The van der Waals surface area contributed by atoms with Crippen molar-refractivity contribution in [2.45, 2.75) is 36.7 Å². The monoisotopic (exact) mass is 186 g/mol. The minimum atomic E-state index is -0.675. The lowest BCUT2D eigenvalue weighted by molar-refractivity contribution is -0.139. The van der Waals surface area contributed by atoms with Crippen molar-refractivity contribution in [2.75, 3.05) is 0 Å². The van der Waals surface area contributed by atoms with E-state index in [1.807, 2.05) is 26.0 Å². The zero-order valence-electron chi connectivity index (χ0n) is 7.41. The molecule has 0 saturated heterocycles. The van der Waals surface area contributed by atoms with Crippen molar-refractivity contribution < 1.29 is 9.90 Å². The van der Waals surface area contributed by atoms with Crippen molar-refractivity contribution in [3.8, 4) is 0 Å². The molecule has 0 atom stereocenters. The molecule has 0 aromatic carbocycles. The molecule has 3 heteroatoms. The maximum atomic E-state index is 11.0. The maximum absolute atomic E-state index is 11.0. The Labute approximate surface area is 77.0 Å². The Balaban J connectivity index is 2.67. The van der Waals surface area contributed by atoms with Gasteiger partial charge in [0.25, 0.3) is 0 Å². The maximum Gasteiger partial charge on any atom is 0.320 e. The second kappa shape index (κ2) is 3.52. The van der Waals surface area contributed by atoms with Gasteiger partial charge in [-0.25, -0.2) is 0 Å². The molecule has 0 amide bonds. The summed E-state index contributed by atoms with van der Waals surface area (Å²) in [6.45, 7) is 4.07. The third-order valence-corrected chi connectivity index (χ3v) is 3.34. The van der Waals surface area contributed by atoms with Crippen LogP contribution in [0.1, 0.15) is 26.7 Å². The van der Waals surface area contributed by atoms with Gasteiger partial charge in [-0.2, -0.15) is 0 Å². The van der Waals surface area contributed by atoms with Gasteiger partial charge in [0.05, 0.1) is 0 Å². The first-order chi connectivity index (χ1) is 5.57. The molecule has 1 N–H and O–H groups in total. The fourth-order valence-electron chi connectivity index (χ4n) is 1.40. The Morgan fingerprint density at radius 3 is 2.33 bits per heavy atom. The molecule has 1 rings (SSSR count). The molecule has 0 unspecified atom stereocenters. The number of carboxylic acid groups (broad SMARTS) is 1. The second-order valence-corrected chi connectivity index (χ2v) is 5.31. The van der Waals surface area contributed by atoms with E-state index in [9.17, 15) is 4.79 Å². The summed E-state index contributed by atoms with van der Waals surface area (Å²) in [5.41, 5.74) is 0. The van der Waals surface area contributed by atoms with Crippen LogP contribution in [-0.2, 0) is 4.79 Å². The third-order valence-electron chi connectivity index (χ3n) is 1.91.